The molecule has 0 unspecified atom stereocenters. The number of hydrogen-bond acceptors (Lipinski definition) is 5. The number of anilines is 1. The molecule has 7 heteroatoms. The summed E-state index contributed by atoms with van der Waals surface area (Å²) in [7, 11) is 0. The molecule has 0 bridgehead atoms. The van der Waals surface area contributed by atoms with E-state index in [1.807, 2.05) is 0 Å². The molecule has 1 aromatic heterocycles. The quantitative estimate of drug-likeness (QED) is 0.805. The number of nitrogens with one attached hydrogen (secondary N) is 1. The van der Waals surface area contributed by atoms with Crippen LogP contribution in [0.5, 0.6) is 0 Å². The first-order chi connectivity index (χ1) is 8.15. The zero-order chi connectivity index (χ0) is 12.3. The van der Waals surface area contributed by atoms with Crippen molar-refractivity contribution in [3.8, 4) is 0 Å². The largest absolute Gasteiger partial charge is 0.455 e. The van der Waals surface area contributed by atoms with Gasteiger partial charge in [0.05, 0.1) is 0 Å². The Morgan fingerprint density at radius 2 is 2.12 bits per heavy atom. The Morgan fingerprint density at radius 3 is 2.71 bits per heavy atom. The number of rotatable bonds is 3. The first kappa shape index (κ1) is 11.4. The summed E-state index contributed by atoms with van der Waals surface area (Å²) in [6, 6.07) is 6.98. The van der Waals surface area contributed by atoms with Gasteiger partial charge in [-0.3, -0.25) is 5.10 Å². The molecule has 0 atom stereocenters. The second kappa shape index (κ2) is 4.84. The zero-order valence-electron chi connectivity index (χ0n) is 8.68. The lowest BCUT2D eigenvalue weighted by atomic mass is 10.2. The monoisotopic (exact) mass is 252 g/mol. The number of nitrogens with zero attached hydrogens (tertiary/aromatic N) is 2. The highest BCUT2D eigenvalue weighted by atomic mass is 35.5. The normalized spacial score (nSPS) is 10.2. The Morgan fingerprint density at radius 1 is 1.41 bits per heavy atom. The number of halogens is 1. The van der Waals surface area contributed by atoms with Gasteiger partial charge < -0.3 is 10.5 Å². The molecule has 0 saturated heterocycles. The third kappa shape index (κ3) is 2.94. The minimum Gasteiger partial charge on any atom is -0.455 e. The zero-order valence-corrected chi connectivity index (χ0v) is 9.44. The number of nitrogens with two attached hydrogens (primary N) is 1. The number of benzene rings is 1. The van der Waals surface area contributed by atoms with Gasteiger partial charge in [0.2, 0.25) is 11.8 Å². The molecule has 0 aliphatic heterocycles. The van der Waals surface area contributed by atoms with Gasteiger partial charge in [-0.05, 0) is 17.7 Å². The summed E-state index contributed by atoms with van der Waals surface area (Å²) < 4.78 is 5.00. The summed E-state index contributed by atoms with van der Waals surface area (Å²) in [6.45, 7) is 0.136. The Kier molecular flexibility index (Phi) is 3.24. The lowest BCUT2D eigenvalue weighted by Crippen LogP contribution is -2.07. The highest BCUT2D eigenvalue weighted by molar-refractivity contribution is 6.30. The van der Waals surface area contributed by atoms with Crippen LogP contribution in [0.15, 0.2) is 24.3 Å². The van der Waals surface area contributed by atoms with E-state index in [9.17, 15) is 4.79 Å². The molecule has 6 nitrogen and oxygen atoms in total. The molecule has 0 radical (unpaired) electrons. The standard InChI is InChI=1S/C10H9ClN4O2/c11-7-3-1-6(2-4-7)5-17-9(16)8-13-10(12)15-14-8/h1-4H,5H2,(H3,12,13,14,15). The van der Waals surface area contributed by atoms with Gasteiger partial charge in [0.15, 0.2) is 0 Å². The fraction of sp³-hybridized carbons (Fsp3) is 0.100. The van der Waals surface area contributed by atoms with Gasteiger partial charge in [0.25, 0.3) is 0 Å². The highest BCUT2D eigenvalue weighted by Gasteiger charge is 2.12. The van der Waals surface area contributed by atoms with E-state index in [1.165, 1.54) is 0 Å². The van der Waals surface area contributed by atoms with E-state index >= 15 is 0 Å². The molecule has 88 valence electrons. The number of esters is 1. The van der Waals surface area contributed by atoms with E-state index in [2.05, 4.69) is 15.2 Å². The van der Waals surface area contributed by atoms with Crippen molar-refractivity contribution in [3.63, 3.8) is 0 Å². The molecular formula is C10H9ClN4O2. The topological polar surface area (TPSA) is 93.9 Å². The van der Waals surface area contributed by atoms with Crippen molar-refractivity contribution in [2.24, 2.45) is 0 Å². The number of carbonyl (C=O) groups is 1. The van der Waals surface area contributed by atoms with Gasteiger partial charge in [-0.1, -0.05) is 23.7 Å². The van der Waals surface area contributed by atoms with E-state index in [-0.39, 0.29) is 18.4 Å². The van der Waals surface area contributed by atoms with Crippen molar-refractivity contribution in [1.29, 1.82) is 0 Å². The fourth-order valence-electron chi connectivity index (χ4n) is 1.16. The van der Waals surface area contributed by atoms with Crippen LogP contribution < -0.4 is 5.73 Å². The number of H-pyrrole nitrogens is 1. The van der Waals surface area contributed by atoms with Gasteiger partial charge in [0.1, 0.15) is 6.61 Å². The number of ether oxygens (including phenoxy) is 1. The summed E-state index contributed by atoms with van der Waals surface area (Å²) in [5.74, 6) is -0.621. The maximum absolute atomic E-state index is 11.5. The van der Waals surface area contributed by atoms with Crippen molar-refractivity contribution in [3.05, 3.63) is 40.7 Å². The minimum atomic E-state index is -0.607. The van der Waals surface area contributed by atoms with Gasteiger partial charge in [-0.15, -0.1) is 5.10 Å². The number of aromatic nitrogens is 3. The average Bonchev–Trinajstić information content (AvgIpc) is 2.75. The van der Waals surface area contributed by atoms with Crippen LogP contribution in [0.1, 0.15) is 16.2 Å². The van der Waals surface area contributed by atoms with Crippen LogP contribution in [0.4, 0.5) is 5.95 Å². The smallest absolute Gasteiger partial charge is 0.376 e. The van der Waals surface area contributed by atoms with Crippen molar-refractivity contribution >= 4 is 23.5 Å². The van der Waals surface area contributed by atoms with E-state index in [0.29, 0.717) is 5.02 Å². The molecule has 0 saturated carbocycles. The summed E-state index contributed by atoms with van der Waals surface area (Å²) in [5.41, 5.74) is 6.09. The molecule has 2 rings (SSSR count). The average molecular weight is 253 g/mol. The second-order valence-electron chi connectivity index (χ2n) is 3.24. The number of nitrogen functional groups attached to an aromatic ring is 1. The molecule has 1 heterocycles. The second-order valence-corrected chi connectivity index (χ2v) is 3.68. The van der Waals surface area contributed by atoms with Crippen LogP contribution in [-0.4, -0.2) is 21.2 Å². The van der Waals surface area contributed by atoms with Crippen LogP contribution in [-0.2, 0) is 11.3 Å². The van der Waals surface area contributed by atoms with E-state index in [4.69, 9.17) is 22.1 Å². The lowest BCUT2D eigenvalue weighted by Gasteiger charge is -2.02. The highest BCUT2D eigenvalue weighted by Crippen LogP contribution is 2.10. The number of hydrogen-bond donors (Lipinski definition) is 2. The Labute approximate surface area is 102 Å². The van der Waals surface area contributed by atoms with Crippen LogP contribution in [0.3, 0.4) is 0 Å². The minimum absolute atomic E-state index is 0.00319. The van der Waals surface area contributed by atoms with E-state index in [1.54, 1.807) is 24.3 Å². The SMILES string of the molecule is Nc1n[nH]c(C(=O)OCc2ccc(Cl)cc2)n1. The van der Waals surface area contributed by atoms with Crippen LogP contribution >= 0.6 is 11.6 Å². The summed E-state index contributed by atoms with van der Waals surface area (Å²) in [4.78, 5) is 15.1. The molecule has 0 amide bonds. The maximum Gasteiger partial charge on any atom is 0.376 e. The molecule has 2 aromatic rings. The summed E-state index contributed by atoms with van der Waals surface area (Å²) in [5, 5.41) is 6.52. The molecule has 1 aromatic carbocycles. The van der Waals surface area contributed by atoms with E-state index in [0.717, 1.165) is 5.56 Å². The Bertz CT molecular complexity index is 523. The molecular weight excluding hydrogens is 244 g/mol. The van der Waals surface area contributed by atoms with Crippen LogP contribution in [0, 0.1) is 0 Å². The van der Waals surface area contributed by atoms with Crippen molar-refractivity contribution in [2.75, 3.05) is 5.73 Å². The van der Waals surface area contributed by atoms with Crippen LogP contribution in [0.25, 0.3) is 0 Å². The van der Waals surface area contributed by atoms with Crippen molar-refractivity contribution < 1.29 is 9.53 Å². The number of aromatic amines is 1. The molecule has 0 aliphatic carbocycles. The molecule has 3 N–H and O–H groups in total. The first-order valence-corrected chi connectivity index (χ1v) is 5.12. The first-order valence-electron chi connectivity index (χ1n) is 4.74. The van der Waals surface area contributed by atoms with E-state index < -0.39 is 5.97 Å². The lowest BCUT2D eigenvalue weighted by molar-refractivity contribution is 0.0459. The molecule has 17 heavy (non-hydrogen) atoms. The number of carbonyl (C=O) groups excluding carboxylic acids is 1. The molecule has 0 fully saturated rings. The summed E-state index contributed by atoms with van der Waals surface area (Å²) >= 11 is 5.73. The van der Waals surface area contributed by atoms with Gasteiger partial charge >= 0.3 is 5.97 Å². The predicted octanol–water partition coefficient (Wildman–Crippen LogP) is 1.40. The van der Waals surface area contributed by atoms with Crippen molar-refractivity contribution in [2.45, 2.75) is 6.61 Å². The van der Waals surface area contributed by atoms with Crippen LogP contribution in [0.2, 0.25) is 5.02 Å². The van der Waals surface area contributed by atoms with Gasteiger partial charge in [-0.2, -0.15) is 4.98 Å². The molecule has 0 aliphatic rings. The third-order valence-corrected chi connectivity index (χ3v) is 2.23. The molecule has 0 spiro atoms. The maximum atomic E-state index is 11.5. The fourth-order valence-corrected chi connectivity index (χ4v) is 1.29. The predicted molar refractivity (Wildman–Crippen MR) is 61.4 cm³/mol. The van der Waals surface area contributed by atoms with Gasteiger partial charge in [0, 0.05) is 5.02 Å². The van der Waals surface area contributed by atoms with Crippen molar-refractivity contribution in [1.82, 2.24) is 15.2 Å². The van der Waals surface area contributed by atoms with Gasteiger partial charge in [-0.25, -0.2) is 4.79 Å². The third-order valence-electron chi connectivity index (χ3n) is 1.98. The summed E-state index contributed by atoms with van der Waals surface area (Å²) in [6.07, 6.45) is 0. The Balaban J connectivity index is 1.94. The Hall–Kier alpha value is -2.08.